The second kappa shape index (κ2) is 8.29. The highest BCUT2D eigenvalue weighted by Crippen LogP contribution is 2.30. The minimum Gasteiger partial charge on any atom is -0.488 e. The van der Waals surface area contributed by atoms with Crippen LogP contribution in [0.3, 0.4) is 0 Å². The van der Waals surface area contributed by atoms with Gasteiger partial charge in [0.05, 0.1) is 0 Å². The first kappa shape index (κ1) is 18.5. The lowest BCUT2D eigenvalue weighted by Gasteiger charge is -2.15. The van der Waals surface area contributed by atoms with Crippen LogP contribution in [-0.2, 0) is 17.8 Å². The maximum Gasteiger partial charge on any atom is 0.310 e. The minimum atomic E-state index is -0.316. The van der Waals surface area contributed by atoms with E-state index in [1.807, 2.05) is 19.9 Å². The van der Waals surface area contributed by atoms with Gasteiger partial charge in [-0.1, -0.05) is 35.8 Å². The lowest BCUT2D eigenvalue weighted by Crippen LogP contribution is -2.09. The highest BCUT2D eigenvalue weighted by molar-refractivity contribution is 9.10. The van der Waals surface area contributed by atoms with Crippen molar-refractivity contribution in [2.75, 3.05) is 0 Å². The first-order chi connectivity index (χ1) is 11.5. The topological polar surface area (TPSA) is 35.5 Å². The van der Waals surface area contributed by atoms with Gasteiger partial charge < -0.3 is 9.47 Å². The maximum atomic E-state index is 14.0. The normalized spacial score (nSPS) is 10.5. The molecule has 0 bridgehead atoms. The third-order valence-corrected chi connectivity index (χ3v) is 4.43. The Balaban J connectivity index is 2.23. The van der Waals surface area contributed by atoms with Gasteiger partial charge in [0, 0.05) is 22.5 Å². The fraction of sp³-hybridized carbons (Fsp3) is 0.316. The van der Waals surface area contributed by atoms with Gasteiger partial charge in [-0.05, 0) is 42.7 Å². The summed E-state index contributed by atoms with van der Waals surface area (Å²) in [6.45, 7) is 5.69. The smallest absolute Gasteiger partial charge is 0.310 e. The van der Waals surface area contributed by atoms with E-state index in [9.17, 15) is 9.18 Å². The summed E-state index contributed by atoms with van der Waals surface area (Å²) in [5.74, 6) is 0.333. The number of carbonyl (C=O) groups is 1. The highest BCUT2D eigenvalue weighted by Gasteiger charge is 2.13. The van der Waals surface area contributed by atoms with E-state index < -0.39 is 0 Å². The van der Waals surface area contributed by atoms with Gasteiger partial charge >= 0.3 is 5.97 Å². The summed E-state index contributed by atoms with van der Waals surface area (Å²) in [6.07, 6.45) is 0.921. The maximum absolute atomic E-state index is 14.0. The molecule has 0 heterocycles. The van der Waals surface area contributed by atoms with Crippen LogP contribution in [0.15, 0.2) is 34.8 Å². The molecule has 0 radical (unpaired) electrons. The Hall–Kier alpha value is -1.88. The van der Waals surface area contributed by atoms with Crippen LogP contribution < -0.4 is 9.47 Å². The lowest BCUT2D eigenvalue weighted by molar-refractivity contribution is -0.134. The highest BCUT2D eigenvalue weighted by atomic mass is 79.9. The van der Waals surface area contributed by atoms with Crippen molar-refractivity contribution < 1.29 is 18.7 Å². The molecule has 5 heteroatoms. The lowest BCUT2D eigenvalue weighted by atomic mass is 10.1. The van der Waals surface area contributed by atoms with Crippen molar-refractivity contribution in [2.24, 2.45) is 0 Å². The quantitative estimate of drug-likeness (QED) is 0.488. The molecule has 0 amide bonds. The first-order valence-electron chi connectivity index (χ1n) is 7.86. The van der Waals surface area contributed by atoms with Gasteiger partial charge in [0.25, 0.3) is 0 Å². The summed E-state index contributed by atoms with van der Waals surface area (Å²) in [4.78, 5) is 11.6. The predicted molar refractivity (Wildman–Crippen MR) is 94.9 cm³/mol. The molecule has 0 N–H and O–H groups in total. The molecule has 0 aromatic heterocycles. The molecule has 0 aliphatic heterocycles. The Kier molecular flexibility index (Phi) is 6.37. The number of hydrogen-bond donors (Lipinski definition) is 0. The van der Waals surface area contributed by atoms with E-state index in [2.05, 4.69) is 15.9 Å². The van der Waals surface area contributed by atoms with Crippen LogP contribution in [0, 0.1) is 12.7 Å². The Bertz CT molecular complexity index is 744. The molecule has 3 nitrogen and oxygen atoms in total. The molecule has 0 saturated carbocycles. The Morgan fingerprint density at radius 3 is 2.62 bits per heavy atom. The Morgan fingerprint density at radius 2 is 1.96 bits per heavy atom. The molecule has 2 aromatic rings. The number of aryl methyl sites for hydroxylation is 2. The summed E-state index contributed by atoms with van der Waals surface area (Å²) in [7, 11) is 0. The monoisotopic (exact) mass is 394 g/mol. The zero-order chi connectivity index (χ0) is 17.7. The van der Waals surface area contributed by atoms with Crippen molar-refractivity contribution in [1.82, 2.24) is 0 Å². The second-order valence-electron chi connectivity index (χ2n) is 5.40. The molecule has 0 aliphatic rings. The molecular weight excluding hydrogens is 375 g/mol. The van der Waals surface area contributed by atoms with Crippen molar-refractivity contribution in [3.63, 3.8) is 0 Å². The molecule has 0 unspecified atom stereocenters. The van der Waals surface area contributed by atoms with E-state index in [0.29, 0.717) is 29.0 Å². The van der Waals surface area contributed by atoms with E-state index in [4.69, 9.17) is 9.47 Å². The average Bonchev–Trinajstić information content (AvgIpc) is 2.56. The number of esters is 1. The molecule has 0 atom stereocenters. The van der Waals surface area contributed by atoms with Crippen molar-refractivity contribution in [1.29, 1.82) is 0 Å². The van der Waals surface area contributed by atoms with Crippen LogP contribution >= 0.6 is 15.9 Å². The summed E-state index contributed by atoms with van der Waals surface area (Å²) in [6, 6.07) is 8.54. The van der Waals surface area contributed by atoms with Crippen LogP contribution in [0.1, 0.15) is 37.0 Å². The molecule has 0 spiro atoms. The number of ether oxygens (including phenoxy) is 2. The fourth-order valence-corrected chi connectivity index (χ4v) is 2.73. The first-order valence-corrected chi connectivity index (χ1v) is 8.65. The number of benzene rings is 2. The number of rotatable bonds is 6. The van der Waals surface area contributed by atoms with E-state index >= 15 is 0 Å². The summed E-state index contributed by atoms with van der Waals surface area (Å²) >= 11 is 3.44. The standard InChI is InChI=1S/C19H20BrFO3/c1-4-13-9-12(3)18(10-16(13)21)23-11-14-15(20)7-6-8-17(14)24-19(22)5-2/h6-10H,4-5,11H2,1-3H3. The van der Waals surface area contributed by atoms with Gasteiger partial charge in [0.2, 0.25) is 0 Å². The number of halogens is 2. The van der Waals surface area contributed by atoms with Crippen LogP contribution in [0.25, 0.3) is 0 Å². The third-order valence-electron chi connectivity index (χ3n) is 3.69. The molecular formula is C19H20BrFO3. The van der Waals surface area contributed by atoms with Crippen LogP contribution in [0.4, 0.5) is 4.39 Å². The van der Waals surface area contributed by atoms with E-state index in [1.54, 1.807) is 25.1 Å². The molecule has 2 rings (SSSR count). The van der Waals surface area contributed by atoms with E-state index in [0.717, 1.165) is 10.0 Å². The van der Waals surface area contributed by atoms with Gasteiger partial charge in [-0.2, -0.15) is 0 Å². The summed E-state index contributed by atoms with van der Waals surface area (Å²) in [5.41, 5.74) is 2.24. The van der Waals surface area contributed by atoms with E-state index in [1.165, 1.54) is 6.07 Å². The van der Waals surface area contributed by atoms with Crippen molar-refractivity contribution in [3.8, 4) is 11.5 Å². The van der Waals surface area contributed by atoms with Crippen molar-refractivity contribution >= 4 is 21.9 Å². The van der Waals surface area contributed by atoms with Crippen LogP contribution in [0.2, 0.25) is 0 Å². The van der Waals surface area contributed by atoms with Gasteiger partial charge in [-0.15, -0.1) is 0 Å². The Labute approximate surface area is 149 Å². The molecule has 24 heavy (non-hydrogen) atoms. The zero-order valence-corrected chi connectivity index (χ0v) is 15.6. The molecule has 2 aromatic carbocycles. The zero-order valence-electron chi connectivity index (χ0n) is 14.0. The molecule has 0 aliphatic carbocycles. The Morgan fingerprint density at radius 1 is 1.21 bits per heavy atom. The minimum absolute atomic E-state index is 0.166. The third kappa shape index (κ3) is 4.35. The van der Waals surface area contributed by atoms with Gasteiger partial charge in [0.15, 0.2) is 0 Å². The van der Waals surface area contributed by atoms with Crippen LogP contribution in [-0.4, -0.2) is 5.97 Å². The van der Waals surface area contributed by atoms with E-state index in [-0.39, 0.29) is 24.8 Å². The molecule has 0 saturated heterocycles. The summed E-state index contributed by atoms with van der Waals surface area (Å²) < 4.78 is 25.9. The fourth-order valence-electron chi connectivity index (χ4n) is 2.27. The van der Waals surface area contributed by atoms with Crippen molar-refractivity contribution in [2.45, 2.75) is 40.2 Å². The van der Waals surface area contributed by atoms with Gasteiger partial charge in [-0.3, -0.25) is 4.79 Å². The molecule has 0 fully saturated rings. The summed E-state index contributed by atoms with van der Waals surface area (Å²) in [5, 5.41) is 0. The van der Waals surface area contributed by atoms with Gasteiger partial charge in [0.1, 0.15) is 23.9 Å². The van der Waals surface area contributed by atoms with Crippen LogP contribution in [0.5, 0.6) is 11.5 Å². The average molecular weight is 395 g/mol. The number of carbonyl (C=O) groups excluding carboxylic acids is 1. The molecule has 128 valence electrons. The number of hydrogen-bond acceptors (Lipinski definition) is 3. The second-order valence-corrected chi connectivity index (χ2v) is 6.25. The van der Waals surface area contributed by atoms with Gasteiger partial charge in [-0.25, -0.2) is 4.39 Å². The largest absolute Gasteiger partial charge is 0.488 e. The predicted octanol–water partition coefficient (Wildman–Crippen LogP) is 5.35. The SMILES string of the molecule is CCC(=O)Oc1cccc(Br)c1COc1cc(F)c(CC)cc1C. The van der Waals surface area contributed by atoms with Crippen molar-refractivity contribution in [3.05, 3.63) is 57.3 Å².